The second-order valence-corrected chi connectivity index (χ2v) is 14.8. The van der Waals surface area contributed by atoms with Crippen molar-refractivity contribution in [3.05, 3.63) is 98.0 Å². The summed E-state index contributed by atoms with van der Waals surface area (Å²) in [5, 5.41) is 11.7. The van der Waals surface area contributed by atoms with Crippen LogP contribution in [-0.2, 0) is 26.5 Å². The topological polar surface area (TPSA) is 75.7 Å². The van der Waals surface area contributed by atoms with E-state index in [9.17, 15) is 28.1 Å². The Labute approximate surface area is 307 Å². The van der Waals surface area contributed by atoms with Gasteiger partial charge in [-0.1, -0.05) is 61.5 Å². The van der Waals surface area contributed by atoms with Crippen molar-refractivity contribution in [2.75, 3.05) is 25.1 Å². The zero-order valence-electron chi connectivity index (χ0n) is 31.7. The highest BCUT2D eigenvalue weighted by atomic mass is 32.1. The molecule has 0 spiro atoms. The Morgan fingerprint density at radius 1 is 0.980 bits per heavy atom. The molecule has 2 aromatic rings. The van der Waals surface area contributed by atoms with E-state index in [1.165, 1.54) is 19.2 Å². The number of Topliss-reactive ketones (excluding diaryl/α,β-unsaturated/α-hetero) is 1. The van der Waals surface area contributed by atoms with Gasteiger partial charge in [-0.3, -0.25) is 14.9 Å². The molecule has 7 nitrogen and oxygen atoms in total. The number of nitro benzene ring substituents is 1. The van der Waals surface area contributed by atoms with Gasteiger partial charge in [0.2, 0.25) is 11.5 Å². The van der Waals surface area contributed by atoms with Gasteiger partial charge in [-0.05, 0) is 55.9 Å². The lowest BCUT2D eigenvalue weighted by molar-refractivity contribution is -0.439. The first kappa shape index (κ1) is 41.6. The SMILES string of the molecule is CC.COC1=C(/C=C2/N(CCC(C)C)c3ccc([N+](=O)[O-])cc3C2(C)C)C(=O)/C1=C\C1=[N+](CCC(C)C)c2cccc(C(F)(F)F)c2C1(C)C.S. The largest absolute Gasteiger partial charge is 0.495 e. The molecule has 0 N–H and O–H groups in total. The van der Waals surface area contributed by atoms with E-state index in [0.29, 0.717) is 53.2 Å². The van der Waals surface area contributed by atoms with Crippen LogP contribution in [0.2, 0.25) is 0 Å². The summed E-state index contributed by atoms with van der Waals surface area (Å²) < 4.78 is 50.6. The van der Waals surface area contributed by atoms with Gasteiger partial charge >= 0.3 is 6.18 Å². The van der Waals surface area contributed by atoms with Crippen LogP contribution in [0.4, 0.5) is 30.2 Å². The van der Waals surface area contributed by atoms with E-state index in [0.717, 1.165) is 35.9 Å². The van der Waals surface area contributed by atoms with Gasteiger partial charge in [-0.25, -0.2) is 0 Å². The molecular weight excluding hydrogens is 676 g/mol. The number of carbonyl (C=O) groups is 1. The fraction of sp³-hybridized carbons (Fsp3) is 0.500. The van der Waals surface area contributed by atoms with Crippen LogP contribution in [0.25, 0.3) is 0 Å². The number of nitro groups is 1. The first-order valence-electron chi connectivity index (χ1n) is 17.5. The fourth-order valence-corrected chi connectivity index (χ4v) is 7.19. The van der Waals surface area contributed by atoms with Crippen LogP contribution in [0, 0.1) is 22.0 Å². The number of fused-ring (bicyclic) bond motifs is 2. The third kappa shape index (κ3) is 7.55. The quantitative estimate of drug-likeness (QED) is 0.105. The normalized spacial score (nSPS) is 18.9. The summed E-state index contributed by atoms with van der Waals surface area (Å²) >= 11 is 0. The van der Waals surface area contributed by atoms with Crippen LogP contribution in [0.15, 0.2) is 71.2 Å². The number of ketones is 1. The molecular formula is C40H53F3N3O4S+. The second kappa shape index (κ2) is 15.4. The standard InChI is InChI=1S/C38H45F3N3O4.C2H6.H2S/c1-22(2)15-17-42-29-14-13-24(44(46)47)19-28(29)36(5,6)31(42)20-25-34(45)26(35(25)48-9)21-32-37(7,8)33-27(38(39,40)41)11-10-12-30(33)43(32)18-16-23(3)4;1-2;/h10-14,19-23H,15-18H2,1-9H3;1-2H3;1H2/q+1;;. The van der Waals surface area contributed by atoms with E-state index in [1.54, 1.807) is 38.1 Å². The molecule has 0 radical (unpaired) electrons. The summed E-state index contributed by atoms with van der Waals surface area (Å²) in [5.41, 5.74) is 2.09. The number of anilines is 1. The lowest BCUT2D eigenvalue weighted by Crippen LogP contribution is -2.33. The number of ether oxygens (including phenoxy) is 1. The van der Waals surface area contributed by atoms with Gasteiger partial charge < -0.3 is 9.64 Å². The maximum absolute atomic E-state index is 14.3. The van der Waals surface area contributed by atoms with Crippen LogP contribution in [0.5, 0.6) is 0 Å². The number of allylic oxidation sites excluding steroid dienone is 5. The second-order valence-electron chi connectivity index (χ2n) is 14.8. The Morgan fingerprint density at radius 2 is 1.61 bits per heavy atom. The highest BCUT2D eigenvalue weighted by Gasteiger charge is 2.52. The Balaban J connectivity index is 0.00000230. The molecule has 1 aliphatic carbocycles. The van der Waals surface area contributed by atoms with E-state index in [4.69, 9.17) is 4.74 Å². The first-order chi connectivity index (χ1) is 23.3. The lowest BCUT2D eigenvalue weighted by atomic mass is 9.76. The van der Waals surface area contributed by atoms with Crippen molar-refractivity contribution in [1.29, 1.82) is 0 Å². The number of non-ortho nitro benzene ring substituents is 1. The number of carbonyl (C=O) groups excluding carboxylic acids is 1. The zero-order valence-corrected chi connectivity index (χ0v) is 32.7. The summed E-state index contributed by atoms with van der Waals surface area (Å²) in [4.78, 5) is 27.4. The van der Waals surface area contributed by atoms with Crippen LogP contribution in [-0.4, -0.2) is 41.2 Å². The lowest BCUT2D eigenvalue weighted by Gasteiger charge is -2.30. The third-order valence-electron chi connectivity index (χ3n) is 9.89. The van der Waals surface area contributed by atoms with Crippen LogP contribution in [0.3, 0.4) is 0 Å². The number of halogens is 3. The summed E-state index contributed by atoms with van der Waals surface area (Å²) in [6.45, 7) is 21.1. The molecule has 11 heteroatoms. The molecule has 5 rings (SSSR count). The summed E-state index contributed by atoms with van der Waals surface area (Å²) in [6.07, 6.45) is 0.599. The Kier molecular flexibility index (Phi) is 12.5. The molecule has 0 atom stereocenters. The van der Waals surface area contributed by atoms with Gasteiger partial charge in [0.25, 0.3) is 5.69 Å². The zero-order chi connectivity index (χ0) is 37.5. The summed E-state index contributed by atoms with van der Waals surface area (Å²) in [6, 6.07) is 9.17. The van der Waals surface area contributed by atoms with E-state index in [1.807, 2.05) is 38.3 Å². The Hall–Kier alpha value is -3.86. The molecule has 3 aliphatic rings. The predicted octanol–water partition coefficient (Wildman–Crippen LogP) is 10.3. The number of benzene rings is 2. The molecule has 2 aliphatic heterocycles. The van der Waals surface area contributed by atoms with Crippen molar-refractivity contribution in [2.45, 2.75) is 99.1 Å². The summed E-state index contributed by atoms with van der Waals surface area (Å²) in [7, 11) is 1.49. The molecule has 2 aromatic carbocycles. The molecule has 278 valence electrons. The number of hydrogen-bond acceptors (Lipinski definition) is 5. The molecule has 0 amide bonds. The number of rotatable bonds is 10. The van der Waals surface area contributed by atoms with Crippen LogP contribution in [0.1, 0.15) is 98.8 Å². The van der Waals surface area contributed by atoms with Crippen molar-refractivity contribution < 1.29 is 32.2 Å². The average Bonchev–Trinajstić information content (AvgIpc) is 3.39. The van der Waals surface area contributed by atoms with Crippen molar-refractivity contribution in [3.8, 4) is 0 Å². The van der Waals surface area contributed by atoms with Gasteiger partial charge in [0.1, 0.15) is 12.3 Å². The average molecular weight is 729 g/mol. The van der Waals surface area contributed by atoms with Crippen molar-refractivity contribution in [2.24, 2.45) is 11.8 Å². The molecule has 0 unspecified atom stereocenters. The molecule has 0 saturated carbocycles. The minimum atomic E-state index is -4.54. The highest BCUT2D eigenvalue weighted by Crippen LogP contribution is 2.51. The van der Waals surface area contributed by atoms with E-state index in [-0.39, 0.29) is 30.5 Å². The number of alkyl halides is 3. The van der Waals surface area contributed by atoms with Gasteiger partial charge in [0, 0.05) is 54.0 Å². The van der Waals surface area contributed by atoms with Crippen molar-refractivity contribution in [3.63, 3.8) is 0 Å². The minimum Gasteiger partial charge on any atom is -0.495 e. The molecule has 51 heavy (non-hydrogen) atoms. The molecule has 0 aromatic heterocycles. The molecule has 2 heterocycles. The van der Waals surface area contributed by atoms with Gasteiger partial charge in [-0.15, -0.1) is 0 Å². The number of hydrogen-bond donors (Lipinski definition) is 0. The van der Waals surface area contributed by atoms with Crippen molar-refractivity contribution >= 4 is 42.1 Å². The fourth-order valence-electron chi connectivity index (χ4n) is 7.19. The molecule has 0 saturated heterocycles. The van der Waals surface area contributed by atoms with E-state index >= 15 is 0 Å². The molecule has 0 bridgehead atoms. The highest BCUT2D eigenvalue weighted by molar-refractivity contribution is 7.59. The maximum Gasteiger partial charge on any atom is 0.416 e. The van der Waals surface area contributed by atoms with Crippen molar-refractivity contribution in [1.82, 2.24) is 0 Å². The van der Waals surface area contributed by atoms with Gasteiger partial charge in [-0.2, -0.15) is 31.2 Å². The third-order valence-corrected chi connectivity index (χ3v) is 9.89. The van der Waals surface area contributed by atoms with E-state index < -0.39 is 27.5 Å². The maximum atomic E-state index is 14.3. The van der Waals surface area contributed by atoms with Crippen LogP contribution < -0.4 is 4.90 Å². The number of methoxy groups -OCH3 is 1. The van der Waals surface area contributed by atoms with Gasteiger partial charge in [0.05, 0.1) is 39.7 Å². The molecule has 0 fully saturated rings. The van der Waals surface area contributed by atoms with Gasteiger partial charge in [0.15, 0.2) is 5.71 Å². The van der Waals surface area contributed by atoms with E-state index in [2.05, 4.69) is 32.6 Å². The monoisotopic (exact) mass is 728 g/mol. The Bertz CT molecular complexity index is 1820. The minimum absolute atomic E-state index is 0. The predicted molar refractivity (Wildman–Crippen MR) is 204 cm³/mol. The first-order valence-corrected chi connectivity index (χ1v) is 17.5. The number of nitrogens with zero attached hydrogens (tertiary/aromatic N) is 3. The Morgan fingerprint density at radius 3 is 2.16 bits per heavy atom. The van der Waals surface area contributed by atoms with Crippen LogP contribution >= 0.6 is 13.5 Å². The summed E-state index contributed by atoms with van der Waals surface area (Å²) in [5.74, 6) is 0.819. The smallest absolute Gasteiger partial charge is 0.416 e.